The van der Waals surface area contributed by atoms with Crippen molar-refractivity contribution in [3.63, 3.8) is 0 Å². The van der Waals surface area contributed by atoms with E-state index in [1.165, 1.54) is 37.4 Å². The number of ether oxygens (including phenoxy) is 6. The van der Waals surface area contributed by atoms with Crippen LogP contribution in [-0.4, -0.2) is 228 Å². The molecule has 11 bridgehead atoms. The van der Waals surface area contributed by atoms with Crippen molar-refractivity contribution in [1.82, 2.24) is 47.9 Å². The van der Waals surface area contributed by atoms with Gasteiger partial charge >= 0.3 is 0 Å². The number of halogens is 3. The second-order valence-corrected chi connectivity index (χ2v) is 34.4. The first-order valence-electron chi connectivity index (χ1n) is 41.0. The van der Waals surface area contributed by atoms with Gasteiger partial charge in [0, 0.05) is 60.1 Å². The summed E-state index contributed by atoms with van der Waals surface area (Å²) in [5, 5.41) is 142. The van der Waals surface area contributed by atoms with Crippen LogP contribution in [0.5, 0.6) is 17.2 Å². The summed E-state index contributed by atoms with van der Waals surface area (Å²) in [5.74, 6) is -14.7. The maximum absolute atomic E-state index is 16.5. The van der Waals surface area contributed by atoms with Crippen LogP contribution >= 0.6 is 34.8 Å². The molecule has 3 saturated heterocycles. The standard InChI is InChI=1S/C87H102Cl3N13O23/c1-37(2)24-54(94-5)78(114)102-69-71(109)44-15-22-58(52(89)26-44)122-60-28-46-29-61(75(60)126-85-76(74(112)73(111)62(36-104)124-85)125-64-33-87(4,77(113)38(3)121-64)96-35-40-6-10-41(11-7-40)42-12-17-47(88)18-13-42)123-59-23-16-45(27-53(59)90)72(110)70-84(120)101-68(80(116)95-34-39-8-19-48(20-9-39)97-86(92)93)51-30-49(105)31-57(107)65(51)50-25-43(14-21-56(50)106)66(81(117)103-70)100-82(118)67(46)99-79(115)55(32-63(91)108)98-83(69)119/h6-14,16-21,23,26,28-30,37-38,49-50,53-55,62,64,66-74,76-77,85,94,96,104-107,109-113H,15,22,24-25,27,31-36H2,1-5H3,(H2,91,108)(H,95,116)(H,98,119)(H,99,115)(H,100,118)(H,101,120)(H,102,114)(H,103,117)(H4,92,93,97)/t38?,49?,50?,53?,54-,55?,62?,64+,66-,67-,68+,69-,70+,71-,72-,73?,74+,76?,77-,85-,87?/m1/s1. The van der Waals surface area contributed by atoms with E-state index in [0.717, 1.165) is 34.9 Å². The Morgan fingerprint density at radius 3 is 2.05 bits per heavy atom. The third kappa shape index (κ3) is 21.1. The van der Waals surface area contributed by atoms with Gasteiger partial charge in [0.15, 0.2) is 29.9 Å². The lowest BCUT2D eigenvalue weighted by Crippen LogP contribution is -2.65. The number of allylic oxidation sites excluding steroid dienone is 9. The molecule has 24 N–H and O–H groups in total. The lowest BCUT2D eigenvalue weighted by molar-refractivity contribution is -0.334. The van der Waals surface area contributed by atoms with Gasteiger partial charge in [-0.3, -0.25) is 43.8 Å². The Balaban J connectivity index is 0.959. The van der Waals surface area contributed by atoms with Crippen molar-refractivity contribution in [1.29, 1.82) is 5.41 Å². The van der Waals surface area contributed by atoms with Crippen LogP contribution in [0.25, 0.3) is 11.1 Å². The number of carbonyl (C=O) groups is 8. The van der Waals surface area contributed by atoms with Crippen molar-refractivity contribution >= 4 is 93.7 Å². The molecule has 36 nitrogen and oxygen atoms in total. The van der Waals surface area contributed by atoms with Crippen LogP contribution in [0.4, 0.5) is 5.69 Å². The van der Waals surface area contributed by atoms with Crippen LogP contribution in [0.3, 0.4) is 0 Å². The smallest absolute Gasteiger partial charge is 0.248 e. The molecule has 7 heterocycles. The second-order valence-electron chi connectivity index (χ2n) is 33.0. The Morgan fingerprint density at radius 2 is 1.39 bits per heavy atom. The van der Waals surface area contributed by atoms with Crippen LogP contribution in [0, 0.1) is 17.2 Å². The van der Waals surface area contributed by atoms with Crippen LogP contribution in [0.15, 0.2) is 177 Å². The maximum atomic E-state index is 16.5. The molecule has 15 rings (SSSR count). The Labute approximate surface area is 738 Å². The highest BCUT2D eigenvalue weighted by Crippen LogP contribution is 2.49. The van der Waals surface area contributed by atoms with Crippen LogP contribution in [-0.2, 0) is 65.7 Å². The van der Waals surface area contributed by atoms with E-state index in [0.29, 0.717) is 16.3 Å². The minimum atomic E-state index is -2.31. The second kappa shape index (κ2) is 39.6. The normalized spacial score (nSPS) is 30.4. The number of fused-ring (bicyclic) bond motifs is 15. The maximum Gasteiger partial charge on any atom is 0.248 e. The summed E-state index contributed by atoms with van der Waals surface area (Å²) in [6.45, 7) is 6.01. The fourth-order valence-electron chi connectivity index (χ4n) is 16.7. The number of nitrogens with two attached hydrogens (primary N) is 2. The molecular formula is C87H102Cl3N13O23. The minimum absolute atomic E-state index is 0.0261. The zero-order chi connectivity index (χ0) is 90.6. The first-order chi connectivity index (χ1) is 59.9. The summed E-state index contributed by atoms with van der Waals surface area (Å²) < 4.78 is 40.1. The number of hydrogen-bond donors (Lipinski definition) is 22. The Kier molecular flexibility index (Phi) is 29.2. The molecule has 0 saturated carbocycles. The topological polar surface area (TPSA) is 570 Å². The van der Waals surface area contributed by atoms with Gasteiger partial charge in [-0.15, -0.1) is 11.6 Å². The number of anilines is 1. The van der Waals surface area contributed by atoms with E-state index in [1.54, 1.807) is 50.2 Å². The number of alkyl halides is 1. The van der Waals surface area contributed by atoms with Gasteiger partial charge in [-0.25, -0.2) is 0 Å². The summed E-state index contributed by atoms with van der Waals surface area (Å²) in [6.07, 6.45) is -14.5. The molecule has 4 aromatic rings. The van der Waals surface area contributed by atoms with E-state index in [2.05, 4.69) is 53.2 Å². The summed E-state index contributed by atoms with van der Waals surface area (Å²) >= 11 is 20.9. The Hall–Kier alpha value is -10.8. The lowest BCUT2D eigenvalue weighted by atomic mass is 9.75. The van der Waals surface area contributed by atoms with E-state index in [-0.39, 0.29) is 95.1 Å². The number of aliphatic hydroxyl groups is 9. The number of likely N-dealkylation sites (N-methyl/N-ethyl adjacent to an activating group) is 1. The third-order valence-corrected chi connectivity index (χ3v) is 24.4. The third-order valence-electron chi connectivity index (χ3n) is 23.5. The van der Waals surface area contributed by atoms with Gasteiger partial charge in [0.05, 0.1) is 53.5 Å². The monoisotopic (exact) mass is 1800 g/mol. The van der Waals surface area contributed by atoms with E-state index in [1.807, 2.05) is 50.2 Å². The lowest BCUT2D eigenvalue weighted by Gasteiger charge is -2.48. The molecule has 9 unspecified atom stereocenters. The van der Waals surface area contributed by atoms with Crippen LogP contribution in [0.1, 0.15) is 102 Å². The van der Waals surface area contributed by atoms with Crippen molar-refractivity contribution in [2.24, 2.45) is 23.3 Å². The number of aliphatic hydroxyl groups excluding tert-OH is 9. The highest BCUT2D eigenvalue weighted by atomic mass is 35.5. The number of hydrogen-bond acceptors (Lipinski definition) is 26. The number of nitrogens with one attached hydrogen (secondary N) is 11. The van der Waals surface area contributed by atoms with Crippen molar-refractivity contribution < 1.29 is 113 Å². The molecule has 21 atom stereocenters. The average Bonchev–Trinajstić information content (AvgIpc) is 0.770. The molecule has 0 aromatic heterocycles. The van der Waals surface area contributed by atoms with E-state index in [9.17, 15) is 55.5 Å². The van der Waals surface area contributed by atoms with E-state index >= 15 is 28.8 Å². The summed E-state index contributed by atoms with van der Waals surface area (Å²) in [5.41, 5.74) is 12.7. The number of carbonyl (C=O) groups excluding carboxylic acids is 8. The highest BCUT2D eigenvalue weighted by molar-refractivity contribution is 6.31. The number of guanidine groups is 1. The molecule has 674 valence electrons. The Morgan fingerprint density at radius 1 is 0.730 bits per heavy atom. The molecular weight excluding hydrogens is 1700 g/mol. The zero-order valence-electron chi connectivity index (χ0n) is 69.0. The molecule has 3 fully saturated rings. The van der Waals surface area contributed by atoms with Crippen molar-refractivity contribution in [2.45, 2.75) is 213 Å². The van der Waals surface area contributed by atoms with Gasteiger partial charge in [-0.05, 0) is 163 Å². The van der Waals surface area contributed by atoms with Crippen LogP contribution < -0.4 is 78.8 Å². The largest absolute Gasteiger partial charge is 0.512 e. The fourth-order valence-corrected chi connectivity index (χ4v) is 17.4. The SMILES string of the molecule is CN[C@H](CC(C)C)C(=O)N[C@H]1C(=O)NC(CC(N)=O)C(=O)N[C@H]2C(=O)N[C@H]3C(=O)N[C@H](C(=O)N[C@H](C(=O)NCc4ccc(NC(=N)N)cc4)C4=CC(O)CC(O)=C4C4CC3=CC=C4O)[C@H](O)C3=CC=C(Oc4cc2cc(c4O[C@H]2OC(CO)C(O)[C@H](O)C2O[C@H]2CC(C)(NCc4ccc(-c5ccc(Cl)cc5)cc4)[C@H](O)C(C)O2)OC2=C(Cl)C=C(CC2)[C@H]1O)C(Cl)C3. The summed E-state index contributed by atoms with van der Waals surface area (Å²) in [6, 6.07) is 9.93. The molecule has 0 spiro atoms. The van der Waals surface area contributed by atoms with E-state index in [4.69, 9.17) is 80.1 Å². The van der Waals surface area contributed by atoms with Crippen molar-refractivity contribution in [3.05, 3.63) is 199 Å². The highest BCUT2D eigenvalue weighted by Gasteiger charge is 2.53. The molecule has 4 aliphatic carbocycles. The number of amides is 8. The van der Waals surface area contributed by atoms with Gasteiger partial charge in [-0.2, -0.15) is 0 Å². The molecule has 39 heteroatoms. The molecule has 126 heavy (non-hydrogen) atoms. The predicted molar refractivity (Wildman–Crippen MR) is 456 cm³/mol. The van der Waals surface area contributed by atoms with Crippen molar-refractivity contribution in [2.75, 3.05) is 19.0 Å². The van der Waals surface area contributed by atoms with Crippen molar-refractivity contribution in [3.8, 4) is 28.4 Å². The quantitative estimate of drug-likeness (QED) is 0.0343. The van der Waals surface area contributed by atoms with Gasteiger partial charge in [-0.1, -0.05) is 97.7 Å². The molecule has 0 radical (unpaired) electrons. The van der Waals surface area contributed by atoms with Gasteiger partial charge < -0.3 is 139 Å². The number of rotatable bonds is 20. The first kappa shape index (κ1) is 92.9. The van der Waals surface area contributed by atoms with E-state index < -0.39 is 241 Å². The molecule has 8 amide bonds. The molecule has 11 aliphatic rings. The van der Waals surface area contributed by atoms with Crippen LogP contribution in [0.2, 0.25) is 5.02 Å². The predicted octanol–water partition coefficient (Wildman–Crippen LogP) is 2.37. The van der Waals surface area contributed by atoms with Gasteiger partial charge in [0.2, 0.25) is 59.3 Å². The Bertz CT molecular complexity index is 5140. The van der Waals surface area contributed by atoms with Gasteiger partial charge in [0.25, 0.3) is 0 Å². The number of benzene rings is 4. The average molecular weight is 1800 g/mol. The summed E-state index contributed by atoms with van der Waals surface area (Å²) in [7, 11) is 1.50. The number of primary amides is 1. The fraction of sp³-hybridized carbons (Fsp3) is 0.437. The minimum Gasteiger partial charge on any atom is -0.512 e. The molecule has 7 aliphatic heterocycles. The first-order valence-corrected chi connectivity index (χ1v) is 42.2. The zero-order valence-corrected chi connectivity index (χ0v) is 71.2. The summed E-state index contributed by atoms with van der Waals surface area (Å²) in [4.78, 5) is 122. The molecule has 4 aromatic carbocycles. The van der Waals surface area contributed by atoms with Gasteiger partial charge in [0.1, 0.15) is 84.0 Å².